The number of nitro benzene ring substituents is 1. The molecule has 0 aliphatic carbocycles. The van der Waals surface area contributed by atoms with E-state index in [2.05, 4.69) is 10.3 Å². The monoisotopic (exact) mass is 256 g/mol. The summed E-state index contributed by atoms with van der Waals surface area (Å²) in [5, 5.41) is 13.4. The third-order valence-corrected chi connectivity index (χ3v) is 2.36. The van der Waals surface area contributed by atoms with Crippen LogP contribution >= 0.6 is 0 Å². The van der Waals surface area contributed by atoms with Gasteiger partial charge in [0.2, 0.25) is 0 Å². The molecule has 0 fully saturated rings. The molecular weight excluding hydrogens is 244 g/mol. The molecule has 0 amide bonds. The number of anilines is 1. The Bertz CT molecular complexity index is 594. The fourth-order valence-electron chi connectivity index (χ4n) is 1.49. The molecule has 0 aromatic heterocycles. The average molecular weight is 256 g/mol. The van der Waals surface area contributed by atoms with Crippen molar-refractivity contribution in [3.63, 3.8) is 0 Å². The van der Waals surface area contributed by atoms with Gasteiger partial charge in [-0.3, -0.25) is 10.1 Å². The molecule has 2 aromatic rings. The summed E-state index contributed by atoms with van der Waals surface area (Å²) in [4.78, 5) is 14.2. The molecule has 0 heterocycles. The molecule has 0 aliphatic rings. The van der Waals surface area contributed by atoms with Crippen LogP contribution in [0.5, 0.6) is 0 Å². The van der Waals surface area contributed by atoms with Crippen LogP contribution in [0.3, 0.4) is 0 Å². The van der Waals surface area contributed by atoms with E-state index in [1.807, 2.05) is 30.3 Å². The maximum absolute atomic E-state index is 10.5. The predicted molar refractivity (Wildman–Crippen MR) is 74.4 cm³/mol. The number of non-ortho nitro benzene ring substituents is 1. The molecule has 0 spiro atoms. The van der Waals surface area contributed by atoms with Crippen molar-refractivity contribution in [3.05, 3.63) is 64.7 Å². The van der Waals surface area contributed by atoms with Crippen molar-refractivity contribution in [2.24, 2.45) is 10.7 Å². The molecule has 3 N–H and O–H groups in total. The van der Waals surface area contributed by atoms with Gasteiger partial charge in [-0.25, -0.2) is 4.99 Å². The fourth-order valence-corrected chi connectivity index (χ4v) is 1.49. The zero-order valence-corrected chi connectivity index (χ0v) is 9.98. The Morgan fingerprint density at radius 1 is 1.11 bits per heavy atom. The minimum absolute atomic E-state index is 0.0218. The van der Waals surface area contributed by atoms with E-state index in [-0.39, 0.29) is 11.6 Å². The molecule has 2 aromatic carbocycles. The van der Waals surface area contributed by atoms with E-state index in [9.17, 15) is 10.1 Å². The number of hydrogen-bond acceptors (Lipinski definition) is 3. The topological polar surface area (TPSA) is 93.5 Å². The smallest absolute Gasteiger partial charge is 0.269 e. The Hall–Kier alpha value is -2.89. The van der Waals surface area contributed by atoms with Gasteiger partial charge in [-0.1, -0.05) is 18.2 Å². The van der Waals surface area contributed by atoms with Gasteiger partial charge in [0.1, 0.15) is 0 Å². The van der Waals surface area contributed by atoms with E-state index in [0.29, 0.717) is 5.69 Å². The van der Waals surface area contributed by atoms with Gasteiger partial charge in [-0.15, -0.1) is 0 Å². The molecule has 6 heteroatoms. The first-order chi connectivity index (χ1) is 9.15. The number of para-hydroxylation sites is 1. The van der Waals surface area contributed by atoms with Crippen LogP contribution in [-0.2, 0) is 0 Å². The standard InChI is InChI=1S/C13H12N4O2/c14-13(15-10-4-2-1-3-5-10)16-11-6-8-12(9-7-11)17(18)19/h1-9H,(H3,14,15,16). The SMILES string of the molecule is NC(=Nc1ccc([N+](=O)[O-])cc1)Nc1ccccc1. The summed E-state index contributed by atoms with van der Waals surface area (Å²) >= 11 is 0. The number of nitrogens with one attached hydrogen (secondary N) is 1. The maximum atomic E-state index is 10.5. The van der Waals surface area contributed by atoms with Gasteiger partial charge in [-0.05, 0) is 24.3 Å². The summed E-state index contributed by atoms with van der Waals surface area (Å²) in [6.45, 7) is 0. The number of nitrogens with two attached hydrogens (primary N) is 1. The van der Waals surface area contributed by atoms with E-state index >= 15 is 0 Å². The van der Waals surface area contributed by atoms with Crippen molar-refractivity contribution in [3.8, 4) is 0 Å². The summed E-state index contributed by atoms with van der Waals surface area (Å²) in [6, 6.07) is 15.2. The van der Waals surface area contributed by atoms with Crippen molar-refractivity contribution in [2.45, 2.75) is 0 Å². The zero-order chi connectivity index (χ0) is 13.7. The maximum Gasteiger partial charge on any atom is 0.269 e. The lowest BCUT2D eigenvalue weighted by Gasteiger charge is -2.04. The average Bonchev–Trinajstić information content (AvgIpc) is 2.40. The molecule has 0 saturated heterocycles. The largest absolute Gasteiger partial charge is 0.369 e. The van der Waals surface area contributed by atoms with Gasteiger partial charge in [0.05, 0.1) is 10.6 Å². The normalized spacial score (nSPS) is 11.1. The summed E-state index contributed by atoms with van der Waals surface area (Å²) in [5.41, 5.74) is 7.13. The number of guanidine groups is 1. The Balaban J connectivity index is 2.10. The van der Waals surface area contributed by atoms with E-state index in [0.717, 1.165) is 5.69 Å². The highest BCUT2D eigenvalue weighted by molar-refractivity contribution is 5.93. The van der Waals surface area contributed by atoms with Crippen molar-refractivity contribution < 1.29 is 4.92 Å². The van der Waals surface area contributed by atoms with Crippen molar-refractivity contribution in [1.82, 2.24) is 0 Å². The van der Waals surface area contributed by atoms with Crippen LogP contribution in [0, 0.1) is 10.1 Å². The van der Waals surface area contributed by atoms with Crippen LogP contribution in [0.4, 0.5) is 17.1 Å². The third kappa shape index (κ3) is 3.53. The Morgan fingerprint density at radius 3 is 2.32 bits per heavy atom. The first kappa shape index (κ1) is 12.6. The van der Waals surface area contributed by atoms with Gasteiger partial charge in [0, 0.05) is 17.8 Å². The molecule has 19 heavy (non-hydrogen) atoms. The summed E-state index contributed by atoms with van der Waals surface area (Å²) < 4.78 is 0. The van der Waals surface area contributed by atoms with Crippen LogP contribution in [0.15, 0.2) is 59.6 Å². The molecule has 0 radical (unpaired) electrons. The second kappa shape index (κ2) is 5.63. The van der Waals surface area contributed by atoms with Crippen LogP contribution in [0.1, 0.15) is 0 Å². The highest BCUT2D eigenvalue weighted by atomic mass is 16.6. The Kier molecular flexibility index (Phi) is 3.72. The minimum atomic E-state index is -0.459. The van der Waals surface area contributed by atoms with Crippen LogP contribution in [0.25, 0.3) is 0 Å². The summed E-state index contributed by atoms with van der Waals surface area (Å²) in [6.07, 6.45) is 0. The van der Waals surface area contributed by atoms with E-state index in [1.54, 1.807) is 0 Å². The van der Waals surface area contributed by atoms with Gasteiger partial charge in [0.25, 0.3) is 5.69 Å². The molecular formula is C13H12N4O2. The van der Waals surface area contributed by atoms with Gasteiger partial charge < -0.3 is 11.1 Å². The van der Waals surface area contributed by atoms with Gasteiger partial charge in [-0.2, -0.15) is 0 Å². The Labute approximate surface area is 109 Å². The van der Waals surface area contributed by atoms with Crippen LogP contribution in [0.2, 0.25) is 0 Å². The van der Waals surface area contributed by atoms with Crippen molar-refractivity contribution >= 4 is 23.0 Å². The Morgan fingerprint density at radius 2 is 1.74 bits per heavy atom. The number of aliphatic imine (C=N–C) groups is 1. The van der Waals surface area contributed by atoms with Crippen LogP contribution < -0.4 is 11.1 Å². The van der Waals surface area contributed by atoms with Crippen molar-refractivity contribution in [2.75, 3.05) is 5.32 Å². The second-order valence-corrected chi connectivity index (χ2v) is 3.76. The first-order valence-electron chi connectivity index (χ1n) is 5.56. The molecule has 0 atom stereocenters. The first-order valence-corrected chi connectivity index (χ1v) is 5.56. The third-order valence-electron chi connectivity index (χ3n) is 2.36. The van der Waals surface area contributed by atoms with Crippen molar-refractivity contribution in [1.29, 1.82) is 0 Å². The summed E-state index contributed by atoms with van der Waals surface area (Å²) in [7, 11) is 0. The number of rotatable bonds is 3. The molecule has 6 nitrogen and oxygen atoms in total. The quantitative estimate of drug-likeness (QED) is 0.382. The number of hydrogen-bond donors (Lipinski definition) is 2. The lowest BCUT2D eigenvalue weighted by atomic mass is 10.3. The number of nitrogens with zero attached hydrogens (tertiary/aromatic N) is 2. The lowest BCUT2D eigenvalue weighted by molar-refractivity contribution is -0.384. The van der Waals surface area contributed by atoms with Gasteiger partial charge >= 0.3 is 0 Å². The summed E-state index contributed by atoms with van der Waals surface area (Å²) in [5.74, 6) is 0.222. The fraction of sp³-hybridized carbons (Fsp3) is 0. The highest BCUT2D eigenvalue weighted by Crippen LogP contribution is 2.17. The van der Waals surface area contributed by atoms with E-state index in [4.69, 9.17) is 5.73 Å². The molecule has 0 bridgehead atoms. The van der Waals surface area contributed by atoms with E-state index < -0.39 is 4.92 Å². The number of benzene rings is 2. The predicted octanol–water partition coefficient (Wildman–Crippen LogP) is 2.65. The lowest BCUT2D eigenvalue weighted by Crippen LogP contribution is -2.21. The second-order valence-electron chi connectivity index (χ2n) is 3.76. The molecule has 0 aliphatic heterocycles. The zero-order valence-electron chi connectivity index (χ0n) is 9.98. The number of nitro groups is 1. The van der Waals surface area contributed by atoms with E-state index in [1.165, 1.54) is 24.3 Å². The molecule has 0 saturated carbocycles. The molecule has 96 valence electrons. The minimum Gasteiger partial charge on any atom is -0.369 e. The van der Waals surface area contributed by atoms with Crippen LogP contribution in [-0.4, -0.2) is 10.9 Å². The highest BCUT2D eigenvalue weighted by Gasteiger charge is 2.03. The molecule has 0 unspecified atom stereocenters. The van der Waals surface area contributed by atoms with Gasteiger partial charge in [0.15, 0.2) is 5.96 Å². The molecule has 2 rings (SSSR count).